The standard InChI is InChI=1S/C17H14BrClN2O2S/c1-9-5-11(18)6-13(19)17(9)23-8-16(22)21-12-3-4-14-15(7-12)24-10(2)20-14/h3-7H,8H2,1-2H3,(H,21,22). The normalized spacial score (nSPS) is 10.8. The Balaban J connectivity index is 1.67. The van der Waals surface area contributed by atoms with Gasteiger partial charge in [0.15, 0.2) is 6.61 Å². The molecule has 0 aliphatic carbocycles. The average molecular weight is 426 g/mol. The molecule has 0 atom stereocenters. The number of hydrogen-bond acceptors (Lipinski definition) is 4. The molecule has 1 aromatic heterocycles. The molecule has 0 aliphatic heterocycles. The van der Waals surface area contributed by atoms with Crippen molar-refractivity contribution in [3.05, 3.63) is 50.4 Å². The van der Waals surface area contributed by atoms with Gasteiger partial charge in [-0.2, -0.15) is 0 Å². The molecule has 124 valence electrons. The van der Waals surface area contributed by atoms with Crippen LogP contribution in [0.4, 0.5) is 5.69 Å². The van der Waals surface area contributed by atoms with Crippen molar-refractivity contribution in [3.8, 4) is 5.75 Å². The highest BCUT2D eigenvalue weighted by Gasteiger charge is 2.11. The van der Waals surface area contributed by atoms with E-state index >= 15 is 0 Å². The van der Waals surface area contributed by atoms with Gasteiger partial charge in [-0.25, -0.2) is 4.98 Å². The van der Waals surface area contributed by atoms with Crippen LogP contribution in [0, 0.1) is 13.8 Å². The van der Waals surface area contributed by atoms with Crippen LogP contribution >= 0.6 is 38.9 Å². The number of halogens is 2. The number of aromatic nitrogens is 1. The van der Waals surface area contributed by atoms with Crippen molar-refractivity contribution in [1.29, 1.82) is 0 Å². The zero-order chi connectivity index (χ0) is 17.3. The first-order valence-corrected chi connectivity index (χ1v) is 9.16. The largest absolute Gasteiger partial charge is 0.482 e. The number of ether oxygens (including phenoxy) is 1. The van der Waals surface area contributed by atoms with Crippen molar-refractivity contribution in [2.45, 2.75) is 13.8 Å². The predicted molar refractivity (Wildman–Crippen MR) is 102 cm³/mol. The summed E-state index contributed by atoms with van der Waals surface area (Å²) < 4.78 is 7.48. The van der Waals surface area contributed by atoms with Crippen molar-refractivity contribution in [1.82, 2.24) is 4.98 Å². The van der Waals surface area contributed by atoms with Gasteiger partial charge in [0.2, 0.25) is 0 Å². The number of rotatable bonds is 4. The fourth-order valence-corrected chi connectivity index (χ4v) is 4.22. The Morgan fingerprint density at radius 2 is 2.12 bits per heavy atom. The molecule has 0 fully saturated rings. The molecule has 0 radical (unpaired) electrons. The summed E-state index contributed by atoms with van der Waals surface area (Å²) in [5.41, 5.74) is 2.52. The number of hydrogen-bond donors (Lipinski definition) is 1. The minimum absolute atomic E-state index is 0.109. The van der Waals surface area contributed by atoms with Gasteiger partial charge in [0, 0.05) is 10.2 Å². The maximum absolute atomic E-state index is 12.1. The van der Waals surface area contributed by atoms with E-state index in [9.17, 15) is 4.79 Å². The van der Waals surface area contributed by atoms with Crippen molar-refractivity contribution in [2.24, 2.45) is 0 Å². The summed E-state index contributed by atoms with van der Waals surface area (Å²) in [6.45, 7) is 3.73. The maximum atomic E-state index is 12.1. The molecule has 0 saturated carbocycles. The number of carbonyl (C=O) groups is 1. The van der Waals surface area contributed by atoms with Crippen LogP contribution in [-0.2, 0) is 4.79 Å². The van der Waals surface area contributed by atoms with Crippen LogP contribution in [0.15, 0.2) is 34.8 Å². The molecule has 3 rings (SSSR count). The topological polar surface area (TPSA) is 51.2 Å². The van der Waals surface area contributed by atoms with Gasteiger partial charge in [-0.1, -0.05) is 27.5 Å². The Labute approximate surface area is 156 Å². The molecule has 1 heterocycles. The third kappa shape index (κ3) is 3.88. The molecule has 0 saturated heterocycles. The van der Waals surface area contributed by atoms with Gasteiger partial charge in [-0.3, -0.25) is 4.79 Å². The lowest BCUT2D eigenvalue weighted by atomic mass is 10.2. The summed E-state index contributed by atoms with van der Waals surface area (Å²) >= 11 is 11.1. The van der Waals surface area contributed by atoms with Crippen molar-refractivity contribution >= 4 is 60.7 Å². The first kappa shape index (κ1) is 17.2. The first-order chi connectivity index (χ1) is 11.4. The van der Waals surface area contributed by atoms with E-state index in [0.29, 0.717) is 10.8 Å². The Bertz CT molecular complexity index is 903. The van der Waals surface area contributed by atoms with Crippen LogP contribution in [0.2, 0.25) is 5.02 Å². The van der Waals surface area contributed by atoms with E-state index < -0.39 is 0 Å². The highest BCUT2D eigenvalue weighted by atomic mass is 79.9. The molecule has 0 spiro atoms. The zero-order valence-electron chi connectivity index (χ0n) is 13.0. The lowest BCUT2D eigenvalue weighted by molar-refractivity contribution is -0.118. The molecule has 24 heavy (non-hydrogen) atoms. The number of thiazole rings is 1. The summed E-state index contributed by atoms with van der Waals surface area (Å²) in [5, 5.41) is 4.29. The third-order valence-electron chi connectivity index (χ3n) is 3.32. The van der Waals surface area contributed by atoms with Gasteiger partial charge >= 0.3 is 0 Å². The van der Waals surface area contributed by atoms with Gasteiger partial charge < -0.3 is 10.1 Å². The highest BCUT2D eigenvalue weighted by Crippen LogP contribution is 2.32. The van der Waals surface area contributed by atoms with Crippen LogP contribution in [-0.4, -0.2) is 17.5 Å². The van der Waals surface area contributed by atoms with Gasteiger partial charge in [-0.15, -0.1) is 11.3 Å². The Kier molecular flexibility index (Phi) is 5.08. The number of anilines is 1. The van der Waals surface area contributed by atoms with Crippen LogP contribution in [0.1, 0.15) is 10.6 Å². The lowest BCUT2D eigenvalue weighted by Gasteiger charge is -2.11. The number of carbonyl (C=O) groups excluding carboxylic acids is 1. The SMILES string of the molecule is Cc1nc2ccc(NC(=O)COc3c(C)cc(Br)cc3Cl)cc2s1. The number of fused-ring (bicyclic) bond motifs is 1. The number of nitrogens with zero attached hydrogens (tertiary/aromatic N) is 1. The first-order valence-electron chi connectivity index (χ1n) is 7.18. The van der Waals surface area contributed by atoms with E-state index in [4.69, 9.17) is 16.3 Å². The second-order valence-corrected chi connectivity index (χ2v) is 7.84. The van der Waals surface area contributed by atoms with E-state index in [2.05, 4.69) is 26.2 Å². The molecule has 7 heteroatoms. The minimum atomic E-state index is -0.242. The Hall–Kier alpha value is -1.63. The van der Waals surface area contributed by atoms with Crippen LogP contribution in [0.25, 0.3) is 10.2 Å². The number of aryl methyl sites for hydroxylation is 2. The third-order valence-corrected chi connectivity index (χ3v) is 4.99. The summed E-state index contributed by atoms with van der Waals surface area (Å²) in [5.74, 6) is 0.275. The maximum Gasteiger partial charge on any atom is 0.262 e. The predicted octanol–water partition coefficient (Wildman–Crippen LogP) is 5.35. The molecule has 0 bridgehead atoms. The smallest absolute Gasteiger partial charge is 0.262 e. The van der Waals surface area contributed by atoms with Crippen LogP contribution in [0.5, 0.6) is 5.75 Å². The quantitative estimate of drug-likeness (QED) is 0.613. The van der Waals surface area contributed by atoms with E-state index in [0.717, 1.165) is 30.9 Å². The number of amides is 1. The molecule has 1 N–H and O–H groups in total. The number of nitrogens with one attached hydrogen (secondary N) is 1. The van der Waals surface area contributed by atoms with Gasteiger partial charge in [0.1, 0.15) is 5.75 Å². The summed E-state index contributed by atoms with van der Waals surface area (Å²) in [7, 11) is 0. The van der Waals surface area contributed by atoms with Crippen LogP contribution < -0.4 is 10.1 Å². The van der Waals surface area contributed by atoms with Crippen molar-refractivity contribution in [2.75, 3.05) is 11.9 Å². The second-order valence-electron chi connectivity index (χ2n) is 5.29. The van der Waals surface area contributed by atoms with Crippen LogP contribution in [0.3, 0.4) is 0 Å². The zero-order valence-corrected chi connectivity index (χ0v) is 16.2. The molecule has 3 aromatic rings. The molecule has 0 unspecified atom stereocenters. The lowest BCUT2D eigenvalue weighted by Crippen LogP contribution is -2.20. The number of benzene rings is 2. The fourth-order valence-electron chi connectivity index (χ4n) is 2.32. The minimum Gasteiger partial charge on any atom is -0.482 e. The summed E-state index contributed by atoms with van der Waals surface area (Å²) in [6.07, 6.45) is 0. The molecular formula is C17H14BrClN2O2S. The van der Waals surface area contributed by atoms with Gasteiger partial charge in [-0.05, 0) is 49.7 Å². The fraction of sp³-hybridized carbons (Fsp3) is 0.176. The molecule has 2 aromatic carbocycles. The van der Waals surface area contributed by atoms with E-state index in [-0.39, 0.29) is 12.5 Å². The van der Waals surface area contributed by atoms with E-state index in [1.165, 1.54) is 0 Å². The van der Waals surface area contributed by atoms with E-state index in [1.54, 1.807) is 17.4 Å². The molecule has 1 amide bonds. The summed E-state index contributed by atoms with van der Waals surface area (Å²) in [6, 6.07) is 9.26. The summed E-state index contributed by atoms with van der Waals surface area (Å²) in [4.78, 5) is 16.5. The Morgan fingerprint density at radius 3 is 2.88 bits per heavy atom. The average Bonchev–Trinajstić information content (AvgIpc) is 2.85. The van der Waals surface area contributed by atoms with Crippen molar-refractivity contribution < 1.29 is 9.53 Å². The van der Waals surface area contributed by atoms with Gasteiger partial charge in [0.05, 0.1) is 20.2 Å². The highest BCUT2D eigenvalue weighted by molar-refractivity contribution is 9.10. The van der Waals surface area contributed by atoms with Gasteiger partial charge in [0.25, 0.3) is 5.91 Å². The van der Waals surface area contributed by atoms with E-state index in [1.807, 2.05) is 38.1 Å². The molecule has 4 nitrogen and oxygen atoms in total. The molecular weight excluding hydrogens is 412 g/mol. The monoisotopic (exact) mass is 424 g/mol. The van der Waals surface area contributed by atoms with Crippen molar-refractivity contribution in [3.63, 3.8) is 0 Å². The Morgan fingerprint density at radius 1 is 1.33 bits per heavy atom. The second kappa shape index (κ2) is 7.09. The molecule has 0 aliphatic rings.